The summed E-state index contributed by atoms with van der Waals surface area (Å²) in [6, 6.07) is 0.0105. The lowest BCUT2D eigenvalue weighted by molar-refractivity contribution is 0.261. The number of rotatable bonds is 4. The summed E-state index contributed by atoms with van der Waals surface area (Å²) in [6.07, 6.45) is 1.16. The Hall–Kier alpha value is -0.950. The van der Waals surface area contributed by atoms with Gasteiger partial charge in [0.2, 0.25) is 0 Å². The van der Waals surface area contributed by atoms with E-state index in [0.717, 1.165) is 6.26 Å². The predicted octanol–water partition coefficient (Wildman–Crippen LogP) is 0.457. The fourth-order valence-corrected chi connectivity index (χ4v) is 2.02. The van der Waals surface area contributed by atoms with Gasteiger partial charge in [0.25, 0.3) is 0 Å². The van der Waals surface area contributed by atoms with Crippen LogP contribution >= 0.6 is 0 Å². The number of aromatic nitrogens is 3. The third-order valence-electron chi connectivity index (χ3n) is 2.46. The van der Waals surface area contributed by atoms with E-state index in [1.807, 2.05) is 13.8 Å². The summed E-state index contributed by atoms with van der Waals surface area (Å²) in [5.74, 6) is 0.766. The molecule has 0 spiro atoms. The molecule has 1 aromatic rings. The van der Waals surface area contributed by atoms with E-state index in [1.165, 1.54) is 0 Å². The van der Waals surface area contributed by atoms with Crippen molar-refractivity contribution in [1.82, 2.24) is 14.8 Å². The number of aliphatic hydroxyl groups excluding tert-OH is 1. The Balaban J connectivity index is 3.30. The van der Waals surface area contributed by atoms with Crippen molar-refractivity contribution in [3.8, 4) is 0 Å². The molecule has 0 aliphatic heterocycles. The lowest BCUT2D eigenvalue weighted by Gasteiger charge is -2.16. The zero-order chi connectivity index (χ0) is 12.5. The van der Waals surface area contributed by atoms with E-state index in [-0.39, 0.29) is 12.6 Å². The molecule has 0 saturated carbocycles. The minimum absolute atomic E-state index is 0.0105. The van der Waals surface area contributed by atoms with Crippen molar-refractivity contribution in [2.24, 2.45) is 0 Å². The van der Waals surface area contributed by atoms with Gasteiger partial charge in [0.15, 0.2) is 21.5 Å². The third-order valence-corrected chi connectivity index (χ3v) is 3.95. The number of hydrogen-bond acceptors (Lipinski definition) is 5. The van der Waals surface area contributed by atoms with Crippen LogP contribution in [-0.4, -0.2) is 34.5 Å². The minimum atomic E-state index is -3.21. The van der Waals surface area contributed by atoms with Crippen LogP contribution in [0, 0.1) is 0 Å². The van der Waals surface area contributed by atoms with Crippen molar-refractivity contribution in [3.05, 3.63) is 11.6 Å². The molecule has 0 amide bonds. The van der Waals surface area contributed by atoms with Crippen LogP contribution in [0.3, 0.4) is 0 Å². The van der Waals surface area contributed by atoms with Gasteiger partial charge in [-0.25, -0.2) is 8.42 Å². The average molecular weight is 247 g/mol. The van der Waals surface area contributed by atoms with Crippen LogP contribution in [0.1, 0.15) is 43.7 Å². The van der Waals surface area contributed by atoms with E-state index in [9.17, 15) is 8.42 Å². The summed E-state index contributed by atoms with van der Waals surface area (Å²) in [4.78, 5) is 0. The largest absolute Gasteiger partial charge is 0.388 e. The first kappa shape index (κ1) is 13.1. The smallest absolute Gasteiger partial charge is 0.159 e. The summed E-state index contributed by atoms with van der Waals surface area (Å²) in [7, 11) is -3.21. The first-order valence-corrected chi connectivity index (χ1v) is 6.97. The van der Waals surface area contributed by atoms with Crippen molar-refractivity contribution in [2.45, 2.75) is 38.7 Å². The molecule has 6 nitrogen and oxygen atoms in total. The van der Waals surface area contributed by atoms with Crippen molar-refractivity contribution in [3.63, 3.8) is 0 Å². The summed E-state index contributed by atoms with van der Waals surface area (Å²) in [5.41, 5.74) is 0. The molecule has 1 aromatic heterocycles. The van der Waals surface area contributed by atoms with Crippen LogP contribution in [0.4, 0.5) is 0 Å². The number of nitrogens with zero attached hydrogens (tertiary/aromatic N) is 3. The maximum Gasteiger partial charge on any atom is 0.159 e. The van der Waals surface area contributed by atoms with Gasteiger partial charge in [0.05, 0.1) is 0 Å². The highest BCUT2D eigenvalue weighted by atomic mass is 32.2. The Morgan fingerprint density at radius 1 is 1.31 bits per heavy atom. The van der Waals surface area contributed by atoms with Crippen molar-refractivity contribution >= 4 is 9.84 Å². The molecule has 92 valence electrons. The molecule has 16 heavy (non-hydrogen) atoms. The van der Waals surface area contributed by atoms with E-state index in [0.29, 0.717) is 11.6 Å². The van der Waals surface area contributed by atoms with Gasteiger partial charge in [-0.15, -0.1) is 10.2 Å². The molecule has 1 heterocycles. The highest BCUT2D eigenvalue weighted by molar-refractivity contribution is 7.90. The fourth-order valence-electron chi connectivity index (χ4n) is 1.48. The normalized spacial score (nSPS) is 14.4. The highest BCUT2D eigenvalue weighted by Gasteiger charge is 2.25. The lowest BCUT2D eigenvalue weighted by atomic mass is 10.3. The summed E-state index contributed by atoms with van der Waals surface area (Å²) < 4.78 is 24.6. The van der Waals surface area contributed by atoms with Crippen LogP contribution < -0.4 is 0 Å². The van der Waals surface area contributed by atoms with Gasteiger partial charge >= 0.3 is 0 Å². The van der Waals surface area contributed by atoms with Crippen molar-refractivity contribution in [2.75, 3.05) is 6.26 Å². The maximum absolute atomic E-state index is 11.5. The standard InChI is InChI=1S/C9H17N3O3S/c1-6(2)12-8(5-13)10-11-9(12)7(3)16(4,14)15/h6-7,13H,5H2,1-4H3. The van der Waals surface area contributed by atoms with Gasteiger partial charge in [-0.1, -0.05) is 0 Å². The minimum Gasteiger partial charge on any atom is -0.388 e. The Labute approximate surface area is 95.2 Å². The second-order valence-electron chi connectivity index (χ2n) is 4.07. The Morgan fingerprint density at radius 3 is 2.25 bits per heavy atom. The lowest BCUT2D eigenvalue weighted by Crippen LogP contribution is -2.17. The quantitative estimate of drug-likeness (QED) is 0.835. The number of sulfone groups is 1. The molecular formula is C9H17N3O3S. The van der Waals surface area contributed by atoms with Gasteiger partial charge < -0.3 is 9.67 Å². The first-order valence-electron chi connectivity index (χ1n) is 5.02. The molecule has 0 bridgehead atoms. The monoisotopic (exact) mass is 247 g/mol. The summed E-state index contributed by atoms with van der Waals surface area (Å²) >= 11 is 0. The topological polar surface area (TPSA) is 85.1 Å². The van der Waals surface area contributed by atoms with Gasteiger partial charge in [-0.3, -0.25) is 0 Å². The third kappa shape index (κ3) is 2.41. The second-order valence-corrected chi connectivity index (χ2v) is 6.43. The molecule has 0 aromatic carbocycles. The molecular weight excluding hydrogens is 230 g/mol. The van der Waals surface area contributed by atoms with Crippen LogP contribution in [-0.2, 0) is 16.4 Å². The molecule has 0 fully saturated rings. The first-order chi connectivity index (χ1) is 7.29. The van der Waals surface area contributed by atoms with Crippen LogP contribution in [0.2, 0.25) is 0 Å². The van der Waals surface area contributed by atoms with E-state index in [2.05, 4.69) is 10.2 Å². The summed E-state index contributed by atoms with van der Waals surface area (Å²) in [5, 5.41) is 16.0. The van der Waals surface area contributed by atoms with Gasteiger partial charge in [-0.2, -0.15) is 0 Å². The molecule has 1 atom stereocenters. The molecule has 1 rings (SSSR count). The van der Waals surface area contributed by atoms with Gasteiger partial charge in [0, 0.05) is 12.3 Å². The number of aliphatic hydroxyl groups is 1. The maximum atomic E-state index is 11.5. The SMILES string of the molecule is CC(C)n1c(CO)nnc1C(C)S(C)(=O)=O. The fraction of sp³-hybridized carbons (Fsp3) is 0.778. The van der Waals surface area contributed by atoms with Crippen molar-refractivity contribution < 1.29 is 13.5 Å². The van der Waals surface area contributed by atoms with Crippen molar-refractivity contribution in [1.29, 1.82) is 0 Å². The molecule has 7 heteroatoms. The zero-order valence-corrected chi connectivity index (χ0v) is 10.7. The Bertz CT molecular complexity index is 464. The molecule has 0 radical (unpaired) electrons. The molecule has 0 aliphatic carbocycles. The van der Waals surface area contributed by atoms with Gasteiger partial charge in [0.1, 0.15) is 11.9 Å². The average Bonchev–Trinajstić information content (AvgIpc) is 2.57. The van der Waals surface area contributed by atoms with E-state index in [4.69, 9.17) is 5.11 Å². The zero-order valence-electron chi connectivity index (χ0n) is 9.88. The molecule has 1 unspecified atom stereocenters. The van der Waals surface area contributed by atoms with E-state index >= 15 is 0 Å². The summed E-state index contributed by atoms with van der Waals surface area (Å²) in [6.45, 7) is 5.10. The predicted molar refractivity (Wildman–Crippen MR) is 59.6 cm³/mol. The van der Waals surface area contributed by atoms with E-state index in [1.54, 1.807) is 11.5 Å². The number of hydrogen-bond donors (Lipinski definition) is 1. The van der Waals surface area contributed by atoms with Crippen LogP contribution in [0.25, 0.3) is 0 Å². The Morgan fingerprint density at radius 2 is 1.88 bits per heavy atom. The molecule has 1 N–H and O–H groups in total. The van der Waals surface area contributed by atoms with Crippen LogP contribution in [0.5, 0.6) is 0 Å². The molecule has 0 aliphatic rings. The molecule has 0 saturated heterocycles. The second kappa shape index (κ2) is 4.50. The van der Waals surface area contributed by atoms with Crippen LogP contribution in [0.15, 0.2) is 0 Å². The van der Waals surface area contributed by atoms with Gasteiger partial charge in [-0.05, 0) is 20.8 Å². The Kier molecular flexibility index (Phi) is 3.69. The highest BCUT2D eigenvalue weighted by Crippen LogP contribution is 2.23. The van der Waals surface area contributed by atoms with E-state index < -0.39 is 15.1 Å².